The molecule has 15 nitrogen and oxygen atoms in total. The number of hydrogen-bond donors (Lipinski definition) is 3. The fourth-order valence-electron chi connectivity index (χ4n) is 9.15. The topological polar surface area (TPSA) is 182 Å². The van der Waals surface area contributed by atoms with Gasteiger partial charge in [0.15, 0.2) is 9.84 Å². The minimum absolute atomic E-state index is 0.0488. The Bertz CT molecular complexity index is 2540. The average molecular weight is 1140 g/mol. The van der Waals surface area contributed by atoms with Crippen LogP contribution in [0.5, 0.6) is 0 Å². The second-order valence-corrected chi connectivity index (χ2v) is 24.3. The smallest absolute Gasteiger partial charge is 0.314 e. The Morgan fingerprint density at radius 3 is 1.66 bits per heavy atom. The van der Waals surface area contributed by atoms with Crippen LogP contribution in [0.25, 0.3) is 0 Å². The minimum Gasteiger partial charge on any atom is -0.379 e. The highest BCUT2D eigenvalue weighted by Gasteiger charge is 2.30. The van der Waals surface area contributed by atoms with Crippen LogP contribution in [0.3, 0.4) is 0 Å². The molecule has 4 aromatic rings. The molecule has 0 aromatic heterocycles. The average Bonchev–Trinajstić information content (AvgIpc) is 3.36. The van der Waals surface area contributed by atoms with Gasteiger partial charge in [0, 0.05) is 104 Å². The number of nitrogens with zero attached hydrogens (tertiary/aromatic N) is 2. The largest absolute Gasteiger partial charge is 0.379 e. The molecule has 0 fully saturated rings. The van der Waals surface area contributed by atoms with Gasteiger partial charge in [-0.25, -0.2) is 26.4 Å². The quantitative estimate of drug-likeness (QED) is 0.0408. The number of ketones is 1. The zero-order valence-electron chi connectivity index (χ0n) is 42.2. The van der Waals surface area contributed by atoms with E-state index in [-0.39, 0.29) is 59.0 Å². The lowest BCUT2D eigenvalue weighted by Gasteiger charge is -2.33. The van der Waals surface area contributed by atoms with E-state index in [0.717, 1.165) is 52.6 Å². The molecule has 2 unspecified atom stereocenters. The number of Topliss-reactive ketones (excluding diaryl/α,β-unsaturated/α-hetero) is 1. The summed E-state index contributed by atoms with van der Waals surface area (Å²) in [6.45, 7) is 6.10. The Morgan fingerprint density at radius 1 is 0.568 bits per heavy atom. The van der Waals surface area contributed by atoms with Crippen LogP contribution in [-0.4, -0.2) is 144 Å². The summed E-state index contributed by atoms with van der Waals surface area (Å²) in [6.07, 6.45) is 4.13. The Balaban J connectivity index is 0.707. The molecule has 3 N–H and O–H groups in total. The highest BCUT2D eigenvalue weighted by atomic mass is 35.5. The molecule has 2 amide bonds. The van der Waals surface area contributed by atoms with Crippen molar-refractivity contribution in [3.05, 3.63) is 126 Å². The molecule has 0 bridgehead atoms. The summed E-state index contributed by atoms with van der Waals surface area (Å²) < 4.78 is 77.7. The van der Waals surface area contributed by atoms with Crippen LogP contribution in [0.4, 0.5) is 4.79 Å². The van der Waals surface area contributed by atoms with E-state index in [9.17, 15) is 26.4 Å². The van der Waals surface area contributed by atoms with Crippen LogP contribution >= 0.6 is 46.4 Å². The highest BCUT2D eigenvalue weighted by molar-refractivity contribution is 7.91. The molecule has 0 saturated heterocycles. The van der Waals surface area contributed by atoms with Gasteiger partial charge < -0.3 is 39.4 Å². The van der Waals surface area contributed by atoms with Gasteiger partial charge in [0.05, 0.1) is 55.2 Å². The van der Waals surface area contributed by atoms with Crippen LogP contribution in [-0.2, 0) is 56.7 Å². The summed E-state index contributed by atoms with van der Waals surface area (Å²) in [5, 5.41) is 7.87. The Labute approximate surface area is 457 Å². The van der Waals surface area contributed by atoms with Crippen LogP contribution in [0, 0.1) is 0 Å². The second-order valence-electron chi connectivity index (χ2n) is 18.7. The molecule has 2 atom stereocenters. The highest BCUT2D eigenvalue weighted by Crippen LogP contribution is 2.40. The fraction of sp³-hybridized carbons (Fsp3) is 0.509. The molecular weight excluding hydrogens is 1070 g/mol. The standard InChI is InChI=1S/C53H69Cl4N5O10S2/c1-61-34-47(45-30-40(54)32-51(56)49(45)36-61)38-10-6-14-43(28-38)73(65,66)27-9-20-70-24-25-71-21-17-59-53(64)58-16-5-3-4-12-42(63)13-8-19-69-23-26-72-22-18-60-74(67,68)44-15-7-11-39(29-44)48-35-62(2)37-50-46(48)31-41(55)33-52(50)57/h6-7,10-11,14-15,28-33,47-48,60H,3-5,8-9,12-13,16-27,34-37H2,1-2H3,(H2,58,59,64). The summed E-state index contributed by atoms with van der Waals surface area (Å²) in [5.41, 5.74) is 5.78. The Kier molecular flexibility index (Phi) is 24.2. The third-order valence-corrected chi connectivity index (χ3v) is 17.2. The fourth-order valence-corrected chi connectivity index (χ4v) is 12.7. The van der Waals surface area contributed by atoms with Crippen LogP contribution in [0.2, 0.25) is 20.1 Å². The zero-order valence-corrected chi connectivity index (χ0v) is 46.8. The summed E-state index contributed by atoms with van der Waals surface area (Å²) in [5.74, 6) is -0.0300. The third kappa shape index (κ3) is 18.7. The monoisotopic (exact) mass is 1140 g/mol. The van der Waals surface area contributed by atoms with Crippen LogP contribution in [0.15, 0.2) is 82.6 Å². The van der Waals surface area contributed by atoms with E-state index in [2.05, 4.69) is 25.2 Å². The van der Waals surface area contributed by atoms with Gasteiger partial charge in [0.25, 0.3) is 0 Å². The first-order valence-electron chi connectivity index (χ1n) is 25.1. The summed E-state index contributed by atoms with van der Waals surface area (Å²) in [7, 11) is -3.30. The van der Waals surface area contributed by atoms with Crippen molar-refractivity contribution in [2.45, 2.75) is 79.7 Å². The normalized spacial score (nSPS) is 16.2. The number of likely N-dealkylation sites (N-methyl/N-ethyl adjacent to an activating group) is 2. The van der Waals surface area contributed by atoms with Crippen molar-refractivity contribution in [2.75, 3.05) is 105 Å². The van der Waals surface area contributed by atoms with Crippen molar-refractivity contribution in [1.29, 1.82) is 0 Å². The zero-order chi connectivity index (χ0) is 53.1. The molecule has 0 radical (unpaired) electrons. The number of fused-ring (bicyclic) bond motifs is 2. The molecule has 21 heteroatoms. The lowest BCUT2D eigenvalue weighted by molar-refractivity contribution is -0.119. The van der Waals surface area contributed by atoms with Crippen LogP contribution in [0.1, 0.15) is 90.2 Å². The number of ether oxygens (including phenoxy) is 4. The molecule has 4 aromatic carbocycles. The van der Waals surface area contributed by atoms with E-state index in [4.69, 9.17) is 65.4 Å². The molecule has 2 aliphatic heterocycles. The number of nitrogens with one attached hydrogen (secondary N) is 3. The van der Waals surface area contributed by atoms with Crippen molar-refractivity contribution < 1.29 is 45.4 Å². The number of hydrogen-bond acceptors (Lipinski definition) is 12. The number of sulfone groups is 1. The minimum atomic E-state index is -3.78. The number of halogens is 4. The number of sulfonamides is 1. The number of rotatable bonds is 31. The van der Waals surface area contributed by atoms with E-state index in [1.807, 2.05) is 38.4 Å². The van der Waals surface area contributed by atoms with Gasteiger partial charge >= 0.3 is 6.03 Å². The third-order valence-electron chi connectivity index (χ3n) is 12.9. The number of benzene rings is 4. The van der Waals surface area contributed by atoms with E-state index in [1.54, 1.807) is 48.5 Å². The maximum atomic E-state index is 13.2. The van der Waals surface area contributed by atoms with Gasteiger partial charge in [-0.2, -0.15) is 0 Å². The Hall–Kier alpha value is -3.40. The number of unbranched alkanes of at least 4 members (excludes halogenated alkanes) is 2. The SMILES string of the molecule is CN1Cc2c(Cl)cc(Cl)cc2C(c2cccc(S(=O)(=O)CCCOCCOCCNC(=O)NCCCCCC(=O)CCCOCCOCCNS(=O)(=O)c3cccc(C4CN(C)Cc5c(Cl)cc(Cl)cc54)c3)c2)C1. The molecule has 0 saturated carbocycles. The number of urea groups is 1. The first-order chi connectivity index (χ1) is 35.5. The van der Waals surface area contributed by atoms with Crippen LogP contribution < -0.4 is 15.4 Å². The van der Waals surface area contributed by atoms with Crippen molar-refractivity contribution >= 4 is 78.1 Å². The molecule has 406 valence electrons. The van der Waals surface area contributed by atoms with Crippen molar-refractivity contribution in [1.82, 2.24) is 25.2 Å². The molecule has 74 heavy (non-hydrogen) atoms. The summed E-state index contributed by atoms with van der Waals surface area (Å²) in [6, 6.07) is 21.1. The van der Waals surface area contributed by atoms with E-state index in [0.29, 0.717) is 125 Å². The maximum absolute atomic E-state index is 13.2. The van der Waals surface area contributed by atoms with Gasteiger partial charge in [-0.05, 0) is 122 Å². The number of carbonyl (C=O) groups excluding carboxylic acids is 2. The maximum Gasteiger partial charge on any atom is 0.314 e. The predicted molar refractivity (Wildman–Crippen MR) is 291 cm³/mol. The molecule has 2 heterocycles. The molecular formula is C53H69Cl4N5O10S2. The lowest BCUT2D eigenvalue weighted by Crippen LogP contribution is -2.37. The van der Waals surface area contributed by atoms with Gasteiger partial charge in [0.2, 0.25) is 10.0 Å². The summed E-state index contributed by atoms with van der Waals surface area (Å²) in [4.78, 5) is 29.2. The van der Waals surface area contributed by atoms with Gasteiger partial charge in [-0.1, -0.05) is 77.1 Å². The van der Waals surface area contributed by atoms with Crippen molar-refractivity contribution in [2.24, 2.45) is 0 Å². The number of amides is 2. The van der Waals surface area contributed by atoms with E-state index < -0.39 is 19.9 Å². The predicted octanol–water partition coefficient (Wildman–Crippen LogP) is 8.87. The number of carbonyl (C=O) groups is 2. The van der Waals surface area contributed by atoms with E-state index in [1.165, 1.54) is 0 Å². The summed E-state index contributed by atoms with van der Waals surface area (Å²) >= 11 is 25.7. The van der Waals surface area contributed by atoms with Gasteiger partial charge in [-0.3, -0.25) is 4.79 Å². The lowest BCUT2D eigenvalue weighted by atomic mass is 9.85. The van der Waals surface area contributed by atoms with E-state index >= 15 is 0 Å². The van der Waals surface area contributed by atoms with Crippen molar-refractivity contribution in [3.63, 3.8) is 0 Å². The first-order valence-corrected chi connectivity index (χ1v) is 29.7. The second kappa shape index (κ2) is 29.9. The molecule has 6 rings (SSSR count). The van der Waals surface area contributed by atoms with Gasteiger partial charge in [-0.15, -0.1) is 0 Å². The van der Waals surface area contributed by atoms with Crippen molar-refractivity contribution in [3.8, 4) is 0 Å². The molecule has 0 aliphatic carbocycles. The van der Waals surface area contributed by atoms with Gasteiger partial charge in [0.1, 0.15) is 5.78 Å². The molecule has 2 aliphatic rings. The Morgan fingerprint density at radius 2 is 1.07 bits per heavy atom. The molecule has 0 spiro atoms. The first kappa shape index (κ1) is 59.8.